The summed E-state index contributed by atoms with van der Waals surface area (Å²) in [6.07, 6.45) is 1.27. The number of benzene rings is 1. The van der Waals surface area contributed by atoms with Crippen LogP contribution in [0.5, 0.6) is 0 Å². The Balaban J connectivity index is 1.99. The van der Waals surface area contributed by atoms with Gasteiger partial charge in [0.2, 0.25) is 0 Å². The number of hydrogen-bond acceptors (Lipinski definition) is 1. The Morgan fingerprint density at radius 2 is 2.07 bits per heavy atom. The number of rotatable bonds is 2. The van der Waals surface area contributed by atoms with Gasteiger partial charge in [0.1, 0.15) is 0 Å². The number of likely N-dealkylation sites (tertiary alicyclic amines) is 1. The highest BCUT2D eigenvalue weighted by Gasteiger charge is 2.28. The van der Waals surface area contributed by atoms with E-state index in [9.17, 15) is 0 Å². The van der Waals surface area contributed by atoms with Crippen LogP contribution in [0.25, 0.3) is 0 Å². The van der Waals surface area contributed by atoms with E-state index in [-0.39, 0.29) is 0 Å². The molecule has 1 heterocycles. The molecule has 1 fully saturated rings. The van der Waals surface area contributed by atoms with Crippen molar-refractivity contribution in [2.24, 2.45) is 0 Å². The van der Waals surface area contributed by atoms with Crippen LogP contribution in [-0.2, 0) is 6.54 Å². The van der Waals surface area contributed by atoms with E-state index in [2.05, 4.69) is 58.1 Å². The maximum absolute atomic E-state index is 3.72. The van der Waals surface area contributed by atoms with Gasteiger partial charge in [-0.25, -0.2) is 0 Å². The molecular formula is C12H16BrN. The van der Waals surface area contributed by atoms with Gasteiger partial charge in [0, 0.05) is 17.4 Å². The smallest absolute Gasteiger partial charge is 0.0311 e. The Hall–Kier alpha value is -0.340. The summed E-state index contributed by atoms with van der Waals surface area (Å²) in [7, 11) is 0. The van der Waals surface area contributed by atoms with Crippen molar-refractivity contribution in [2.75, 3.05) is 6.54 Å². The zero-order chi connectivity index (χ0) is 9.97. The molecule has 0 saturated carbocycles. The minimum Gasteiger partial charge on any atom is -0.295 e. The van der Waals surface area contributed by atoms with Crippen LogP contribution in [0.4, 0.5) is 0 Å². The van der Waals surface area contributed by atoms with E-state index in [0.29, 0.717) is 10.9 Å². The summed E-state index contributed by atoms with van der Waals surface area (Å²) >= 11 is 3.72. The van der Waals surface area contributed by atoms with Crippen LogP contribution in [0.3, 0.4) is 0 Å². The van der Waals surface area contributed by atoms with Gasteiger partial charge in [-0.1, -0.05) is 46.3 Å². The van der Waals surface area contributed by atoms with Crippen molar-refractivity contribution in [3.05, 3.63) is 35.9 Å². The second-order valence-electron chi connectivity index (χ2n) is 4.00. The zero-order valence-corrected chi connectivity index (χ0v) is 10.1. The van der Waals surface area contributed by atoms with Crippen LogP contribution in [0.15, 0.2) is 30.3 Å². The summed E-state index contributed by atoms with van der Waals surface area (Å²) in [5.41, 5.74) is 1.42. The van der Waals surface area contributed by atoms with Crippen molar-refractivity contribution in [1.82, 2.24) is 4.90 Å². The summed E-state index contributed by atoms with van der Waals surface area (Å²) in [4.78, 5) is 3.21. The molecule has 0 amide bonds. The quantitative estimate of drug-likeness (QED) is 0.733. The molecule has 2 heteroatoms. The second-order valence-corrected chi connectivity index (χ2v) is 5.18. The van der Waals surface area contributed by atoms with E-state index >= 15 is 0 Å². The third-order valence-corrected chi connectivity index (χ3v) is 4.24. The van der Waals surface area contributed by atoms with Gasteiger partial charge in [-0.3, -0.25) is 4.90 Å². The van der Waals surface area contributed by atoms with Crippen molar-refractivity contribution < 1.29 is 0 Å². The van der Waals surface area contributed by atoms with E-state index in [1.807, 2.05) is 0 Å². The van der Waals surface area contributed by atoms with Crippen molar-refractivity contribution in [3.63, 3.8) is 0 Å². The normalized spacial score (nSPS) is 28.1. The van der Waals surface area contributed by atoms with Gasteiger partial charge >= 0.3 is 0 Å². The summed E-state index contributed by atoms with van der Waals surface area (Å²) in [6, 6.07) is 11.4. The third kappa shape index (κ3) is 2.18. The fourth-order valence-electron chi connectivity index (χ4n) is 2.00. The molecule has 1 aliphatic heterocycles. The lowest BCUT2D eigenvalue weighted by Gasteiger charge is -2.22. The Morgan fingerprint density at radius 3 is 2.64 bits per heavy atom. The first kappa shape index (κ1) is 10.2. The molecular weight excluding hydrogens is 238 g/mol. The highest BCUT2D eigenvalue weighted by molar-refractivity contribution is 9.09. The summed E-state index contributed by atoms with van der Waals surface area (Å²) in [5.74, 6) is 0. The summed E-state index contributed by atoms with van der Waals surface area (Å²) in [6.45, 7) is 4.60. The van der Waals surface area contributed by atoms with Gasteiger partial charge in [0.15, 0.2) is 0 Å². The fourth-order valence-corrected chi connectivity index (χ4v) is 2.54. The molecule has 0 spiro atoms. The number of nitrogens with zero attached hydrogens (tertiary/aromatic N) is 1. The van der Waals surface area contributed by atoms with E-state index < -0.39 is 0 Å². The van der Waals surface area contributed by atoms with E-state index in [4.69, 9.17) is 0 Å². The number of halogens is 1. The monoisotopic (exact) mass is 253 g/mol. The Bertz CT molecular complexity index is 286. The average Bonchev–Trinajstić information content (AvgIpc) is 2.52. The lowest BCUT2D eigenvalue weighted by atomic mass is 10.2. The minimum absolute atomic E-state index is 0.662. The Morgan fingerprint density at radius 1 is 1.36 bits per heavy atom. The summed E-state index contributed by atoms with van der Waals surface area (Å²) < 4.78 is 0. The molecule has 1 aromatic carbocycles. The molecule has 2 atom stereocenters. The van der Waals surface area contributed by atoms with Crippen LogP contribution < -0.4 is 0 Å². The van der Waals surface area contributed by atoms with Crippen LogP contribution in [0, 0.1) is 0 Å². The lowest BCUT2D eigenvalue weighted by molar-refractivity contribution is 0.263. The van der Waals surface area contributed by atoms with Crippen LogP contribution in [0.2, 0.25) is 0 Å². The first-order valence-corrected chi connectivity index (χ1v) is 6.11. The van der Waals surface area contributed by atoms with E-state index in [1.165, 1.54) is 18.5 Å². The van der Waals surface area contributed by atoms with Gasteiger partial charge < -0.3 is 0 Å². The van der Waals surface area contributed by atoms with Crippen molar-refractivity contribution >= 4 is 15.9 Å². The predicted octanol–water partition coefficient (Wildman–Crippen LogP) is 3.04. The fraction of sp³-hybridized carbons (Fsp3) is 0.500. The molecule has 0 radical (unpaired) electrons. The number of alkyl halides is 1. The summed E-state index contributed by atoms with van der Waals surface area (Å²) in [5, 5.41) is 0. The van der Waals surface area contributed by atoms with E-state index in [0.717, 1.165) is 6.54 Å². The standard InChI is InChI=1S/C12H16BrN/c1-10-12(13)7-8-14(10)9-11-5-3-2-4-6-11/h2-6,10,12H,7-9H2,1H3/t10-,12+/m0/s1. The van der Waals surface area contributed by atoms with E-state index in [1.54, 1.807) is 0 Å². The van der Waals surface area contributed by atoms with Gasteiger partial charge in [0.25, 0.3) is 0 Å². The second kappa shape index (κ2) is 4.45. The average molecular weight is 254 g/mol. The molecule has 14 heavy (non-hydrogen) atoms. The molecule has 0 bridgehead atoms. The Labute approximate surface area is 94.2 Å². The largest absolute Gasteiger partial charge is 0.295 e. The number of hydrogen-bond donors (Lipinski definition) is 0. The van der Waals surface area contributed by atoms with Crippen molar-refractivity contribution in [2.45, 2.75) is 30.8 Å². The molecule has 2 rings (SSSR count). The first-order chi connectivity index (χ1) is 6.77. The van der Waals surface area contributed by atoms with Gasteiger partial charge in [0.05, 0.1) is 0 Å². The van der Waals surface area contributed by atoms with Crippen LogP contribution in [-0.4, -0.2) is 22.3 Å². The maximum Gasteiger partial charge on any atom is 0.0311 e. The Kier molecular flexibility index (Phi) is 3.24. The molecule has 1 aliphatic rings. The molecule has 1 aromatic rings. The van der Waals surface area contributed by atoms with Crippen LogP contribution >= 0.6 is 15.9 Å². The van der Waals surface area contributed by atoms with Crippen molar-refractivity contribution in [1.29, 1.82) is 0 Å². The highest BCUT2D eigenvalue weighted by atomic mass is 79.9. The van der Waals surface area contributed by atoms with Crippen LogP contribution in [0.1, 0.15) is 18.9 Å². The van der Waals surface area contributed by atoms with Gasteiger partial charge in [-0.2, -0.15) is 0 Å². The molecule has 1 nitrogen and oxygen atoms in total. The highest BCUT2D eigenvalue weighted by Crippen LogP contribution is 2.25. The maximum atomic E-state index is 3.72. The molecule has 0 unspecified atom stereocenters. The molecule has 1 saturated heterocycles. The zero-order valence-electron chi connectivity index (χ0n) is 8.49. The van der Waals surface area contributed by atoms with Gasteiger partial charge in [-0.15, -0.1) is 0 Å². The van der Waals surface area contributed by atoms with Gasteiger partial charge in [-0.05, 0) is 25.5 Å². The topological polar surface area (TPSA) is 3.24 Å². The third-order valence-electron chi connectivity index (χ3n) is 3.02. The lowest BCUT2D eigenvalue weighted by Crippen LogP contribution is -2.29. The molecule has 76 valence electrons. The SMILES string of the molecule is C[C@H]1[C@H](Br)CCN1Cc1ccccc1. The molecule has 0 aliphatic carbocycles. The molecule has 0 aromatic heterocycles. The predicted molar refractivity (Wildman–Crippen MR) is 63.6 cm³/mol. The minimum atomic E-state index is 0.662. The van der Waals surface area contributed by atoms with Crippen molar-refractivity contribution in [3.8, 4) is 0 Å². The molecule has 0 N–H and O–H groups in total. The first-order valence-electron chi connectivity index (χ1n) is 5.19.